The first-order chi connectivity index (χ1) is 9.15. The number of aromatic nitrogens is 1. The van der Waals surface area contributed by atoms with Gasteiger partial charge in [0.25, 0.3) is 0 Å². The summed E-state index contributed by atoms with van der Waals surface area (Å²) < 4.78 is 0. The van der Waals surface area contributed by atoms with Crippen LogP contribution in [0.5, 0.6) is 0 Å². The highest BCUT2D eigenvalue weighted by Crippen LogP contribution is 2.11. The summed E-state index contributed by atoms with van der Waals surface area (Å²) in [6.07, 6.45) is 4.74. The molecule has 100 valence electrons. The standard InChI is InChI=1S/C17H22N2/c1-13-5-7-15(8-6-13)9-10-16(18)12-17-14(2)4-3-11-19-17/h3-8,11,16H,9-10,12,18H2,1-2H3. The molecule has 0 fully saturated rings. The maximum absolute atomic E-state index is 6.21. The fourth-order valence-corrected chi connectivity index (χ4v) is 2.19. The largest absolute Gasteiger partial charge is 0.327 e. The zero-order valence-electron chi connectivity index (χ0n) is 11.8. The van der Waals surface area contributed by atoms with Crippen molar-refractivity contribution in [3.8, 4) is 0 Å². The lowest BCUT2D eigenvalue weighted by Crippen LogP contribution is -2.24. The van der Waals surface area contributed by atoms with Gasteiger partial charge in [-0.1, -0.05) is 35.9 Å². The topological polar surface area (TPSA) is 38.9 Å². The van der Waals surface area contributed by atoms with Crippen molar-refractivity contribution in [3.63, 3.8) is 0 Å². The number of aryl methyl sites for hydroxylation is 3. The molecule has 0 amide bonds. The lowest BCUT2D eigenvalue weighted by Gasteiger charge is -2.12. The molecule has 0 saturated carbocycles. The second kappa shape index (κ2) is 6.48. The second-order valence-electron chi connectivity index (χ2n) is 5.26. The SMILES string of the molecule is Cc1ccc(CCC(N)Cc2ncccc2C)cc1. The lowest BCUT2D eigenvalue weighted by atomic mass is 10.00. The molecule has 1 aromatic carbocycles. The van der Waals surface area contributed by atoms with Crippen LogP contribution in [0.4, 0.5) is 0 Å². The Morgan fingerprint density at radius 3 is 2.53 bits per heavy atom. The van der Waals surface area contributed by atoms with E-state index in [1.54, 1.807) is 0 Å². The zero-order valence-corrected chi connectivity index (χ0v) is 11.8. The number of rotatable bonds is 5. The first kappa shape index (κ1) is 13.8. The average molecular weight is 254 g/mol. The summed E-state index contributed by atoms with van der Waals surface area (Å²) in [5.74, 6) is 0. The highest BCUT2D eigenvalue weighted by Gasteiger charge is 2.07. The van der Waals surface area contributed by atoms with Crippen molar-refractivity contribution in [1.82, 2.24) is 4.98 Å². The molecule has 2 aromatic rings. The molecule has 2 N–H and O–H groups in total. The van der Waals surface area contributed by atoms with Crippen LogP contribution in [0.25, 0.3) is 0 Å². The molecule has 0 bridgehead atoms. The van der Waals surface area contributed by atoms with Gasteiger partial charge in [0.2, 0.25) is 0 Å². The van der Waals surface area contributed by atoms with E-state index in [1.807, 2.05) is 12.3 Å². The Morgan fingerprint density at radius 2 is 1.84 bits per heavy atom. The molecule has 2 heteroatoms. The first-order valence-corrected chi connectivity index (χ1v) is 6.87. The summed E-state index contributed by atoms with van der Waals surface area (Å²) in [5, 5.41) is 0. The summed E-state index contributed by atoms with van der Waals surface area (Å²) in [5.41, 5.74) is 11.2. The minimum absolute atomic E-state index is 0.176. The van der Waals surface area contributed by atoms with Crippen molar-refractivity contribution in [1.29, 1.82) is 0 Å². The van der Waals surface area contributed by atoms with Crippen molar-refractivity contribution in [2.45, 2.75) is 39.2 Å². The van der Waals surface area contributed by atoms with Gasteiger partial charge in [-0.3, -0.25) is 4.98 Å². The molecular weight excluding hydrogens is 232 g/mol. The van der Waals surface area contributed by atoms with Crippen LogP contribution in [0.1, 0.15) is 28.8 Å². The van der Waals surface area contributed by atoms with E-state index in [0.717, 1.165) is 25.0 Å². The molecule has 1 atom stereocenters. The van der Waals surface area contributed by atoms with Crippen LogP contribution < -0.4 is 5.73 Å². The van der Waals surface area contributed by atoms with Crippen molar-refractivity contribution in [3.05, 3.63) is 65.0 Å². The van der Waals surface area contributed by atoms with E-state index in [-0.39, 0.29) is 6.04 Å². The third kappa shape index (κ3) is 4.18. The zero-order chi connectivity index (χ0) is 13.7. The molecule has 1 aromatic heterocycles. The van der Waals surface area contributed by atoms with Gasteiger partial charge < -0.3 is 5.73 Å². The van der Waals surface area contributed by atoms with E-state index in [9.17, 15) is 0 Å². The van der Waals surface area contributed by atoms with Crippen molar-refractivity contribution >= 4 is 0 Å². The van der Waals surface area contributed by atoms with Gasteiger partial charge in [-0.25, -0.2) is 0 Å². The predicted octanol–water partition coefficient (Wildman–Crippen LogP) is 3.20. The van der Waals surface area contributed by atoms with Crippen LogP contribution in [0.15, 0.2) is 42.6 Å². The molecule has 0 spiro atoms. The van der Waals surface area contributed by atoms with Crippen LogP contribution in [0, 0.1) is 13.8 Å². The Balaban J connectivity index is 1.86. The lowest BCUT2D eigenvalue weighted by molar-refractivity contribution is 0.601. The molecule has 0 aliphatic rings. The smallest absolute Gasteiger partial charge is 0.0448 e. The summed E-state index contributed by atoms with van der Waals surface area (Å²) in [6.45, 7) is 4.20. The van der Waals surface area contributed by atoms with Crippen LogP contribution in [0.2, 0.25) is 0 Å². The fourth-order valence-electron chi connectivity index (χ4n) is 2.19. The van der Waals surface area contributed by atoms with Gasteiger partial charge in [0, 0.05) is 24.4 Å². The van der Waals surface area contributed by atoms with Gasteiger partial charge in [0.1, 0.15) is 0 Å². The van der Waals surface area contributed by atoms with Gasteiger partial charge in [0.05, 0.1) is 0 Å². The maximum Gasteiger partial charge on any atom is 0.0448 e. The highest BCUT2D eigenvalue weighted by molar-refractivity contribution is 5.22. The molecule has 19 heavy (non-hydrogen) atoms. The Bertz CT molecular complexity index is 517. The number of nitrogens with zero attached hydrogens (tertiary/aromatic N) is 1. The van der Waals surface area contributed by atoms with Gasteiger partial charge in [-0.2, -0.15) is 0 Å². The number of hydrogen-bond acceptors (Lipinski definition) is 2. The van der Waals surface area contributed by atoms with E-state index in [0.29, 0.717) is 0 Å². The van der Waals surface area contributed by atoms with Gasteiger partial charge in [-0.15, -0.1) is 0 Å². The molecule has 1 heterocycles. The molecule has 2 nitrogen and oxygen atoms in total. The van der Waals surface area contributed by atoms with E-state index in [2.05, 4.69) is 49.2 Å². The number of hydrogen-bond donors (Lipinski definition) is 1. The molecule has 2 rings (SSSR count). The Morgan fingerprint density at radius 1 is 1.11 bits per heavy atom. The third-order valence-corrected chi connectivity index (χ3v) is 3.50. The monoisotopic (exact) mass is 254 g/mol. The van der Waals surface area contributed by atoms with Crippen LogP contribution in [-0.2, 0) is 12.8 Å². The first-order valence-electron chi connectivity index (χ1n) is 6.87. The summed E-state index contributed by atoms with van der Waals surface area (Å²) in [4.78, 5) is 4.40. The van der Waals surface area contributed by atoms with Crippen LogP contribution >= 0.6 is 0 Å². The molecule has 0 aliphatic heterocycles. The maximum atomic E-state index is 6.21. The molecule has 1 unspecified atom stereocenters. The van der Waals surface area contributed by atoms with Gasteiger partial charge >= 0.3 is 0 Å². The average Bonchev–Trinajstić information content (AvgIpc) is 2.41. The van der Waals surface area contributed by atoms with E-state index < -0.39 is 0 Å². The van der Waals surface area contributed by atoms with Crippen LogP contribution in [-0.4, -0.2) is 11.0 Å². The quantitative estimate of drug-likeness (QED) is 0.890. The van der Waals surface area contributed by atoms with E-state index >= 15 is 0 Å². The summed E-state index contributed by atoms with van der Waals surface area (Å²) in [7, 11) is 0. The number of nitrogens with two attached hydrogens (primary N) is 1. The molecule has 0 aliphatic carbocycles. The highest BCUT2D eigenvalue weighted by atomic mass is 14.7. The van der Waals surface area contributed by atoms with Crippen molar-refractivity contribution < 1.29 is 0 Å². The minimum Gasteiger partial charge on any atom is -0.327 e. The number of benzene rings is 1. The predicted molar refractivity (Wildman–Crippen MR) is 80.2 cm³/mol. The molecule has 0 saturated heterocycles. The Labute approximate surface area is 115 Å². The third-order valence-electron chi connectivity index (χ3n) is 3.50. The number of pyridine rings is 1. The molecule has 0 radical (unpaired) electrons. The van der Waals surface area contributed by atoms with Crippen molar-refractivity contribution in [2.75, 3.05) is 0 Å². The Kier molecular flexibility index (Phi) is 4.69. The summed E-state index contributed by atoms with van der Waals surface area (Å²) in [6, 6.07) is 12.9. The van der Waals surface area contributed by atoms with Crippen molar-refractivity contribution in [2.24, 2.45) is 5.73 Å². The summed E-state index contributed by atoms with van der Waals surface area (Å²) >= 11 is 0. The van der Waals surface area contributed by atoms with Crippen LogP contribution in [0.3, 0.4) is 0 Å². The normalized spacial score (nSPS) is 12.4. The minimum atomic E-state index is 0.176. The van der Waals surface area contributed by atoms with Gasteiger partial charge in [0.15, 0.2) is 0 Å². The van der Waals surface area contributed by atoms with E-state index in [1.165, 1.54) is 16.7 Å². The Hall–Kier alpha value is -1.67. The molecular formula is C17H22N2. The second-order valence-corrected chi connectivity index (χ2v) is 5.26. The van der Waals surface area contributed by atoms with E-state index in [4.69, 9.17) is 5.73 Å². The fraction of sp³-hybridized carbons (Fsp3) is 0.353. The van der Waals surface area contributed by atoms with Gasteiger partial charge in [-0.05, 0) is 43.9 Å².